The van der Waals surface area contributed by atoms with Crippen LogP contribution in [0.5, 0.6) is 0 Å². The number of halogens is 2. The molecule has 3 aromatic rings. The van der Waals surface area contributed by atoms with E-state index in [0.29, 0.717) is 12.1 Å². The summed E-state index contributed by atoms with van der Waals surface area (Å²) in [5.41, 5.74) is 2.61. The maximum atomic E-state index is 13.7. The highest BCUT2D eigenvalue weighted by molar-refractivity contribution is 8.01. The van der Waals surface area contributed by atoms with Crippen molar-refractivity contribution in [3.63, 3.8) is 0 Å². The number of carbonyl (C=O) groups is 2. The zero-order valence-electron chi connectivity index (χ0n) is 22.4. The molecule has 206 valence electrons. The van der Waals surface area contributed by atoms with Crippen LogP contribution in [0, 0.1) is 11.7 Å². The molecule has 2 atom stereocenters. The summed E-state index contributed by atoms with van der Waals surface area (Å²) in [4.78, 5) is 31.8. The first kappa shape index (κ1) is 29.0. The van der Waals surface area contributed by atoms with Gasteiger partial charge in [0.2, 0.25) is 11.8 Å². The molecule has 0 aromatic heterocycles. The number of unbranched alkanes of at least 4 members (excludes halogenated alkanes) is 1. The van der Waals surface area contributed by atoms with Crippen molar-refractivity contribution in [1.29, 1.82) is 0 Å². The standard InChI is InChI=1S/C31H35ClFN3O2S/c1-3-4-18-35(25-11-6-5-7-12-25)19-10-17-34-30(37)22(2)29-31(38)36(27-13-8-9-14-28(27)39-29)21-23-15-16-24(33)20-26(23)32/h5-9,11-16,20,22,29H,3-4,10,17-19,21H2,1-2H3,(H,34,37). The SMILES string of the molecule is CCCCN(CCCNC(=O)C(C)C1Sc2ccccc2N(Cc2ccc(F)cc2Cl)C1=O)c1ccccc1. The van der Waals surface area contributed by atoms with Crippen LogP contribution in [0.4, 0.5) is 15.8 Å². The van der Waals surface area contributed by atoms with Crippen LogP contribution in [0.3, 0.4) is 0 Å². The number of thioether (sulfide) groups is 1. The van der Waals surface area contributed by atoms with E-state index in [0.717, 1.165) is 42.9 Å². The molecular formula is C31H35ClFN3O2S. The van der Waals surface area contributed by atoms with Gasteiger partial charge in [-0.3, -0.25) is 9.59 Å². The summed E-state index contributed by atoms with van der Waals surface area (Å²) in [5.74, 6) is -1.26. The first-order valence-corrected chi connectivity index (χ1v) is 14.7. The molecule has 0 fully saturated rings. The van der Waals surface area contributed by atoms with Crippen molar-refractivity contribution in [3.8, 4) is 0 Å². The average Bonchev–Trinajstić information content (AvgIpc) is 2.95. The van der Waals surface area contributed by atoms with E-state index in [1.54, 1.807) is 17.9 Å². The molecule has 0 saturated carbocycles. The summed E-state index contributed by atoms with van der Waals surface area (Å²) in [6.07, 6.45) is 3.04. The van der Waals surface area contributed by atoms with E-state index in [-0.39, 0.29) is 23.4 Å². The van der Waals surface area contributed by atoms with Crippen LogP contribution < -0.4 is 15.1 Å². The van der Waals surface area contributed by atoms with Gasteiger partial charge in [-0.1, -0.05) is 68.3 Å². The minimum Gasteiger partial charge on any atom is -0.371 e. The lowest BCUT2D eigenvalue weighted by Gasteiger charge is -2.36. The van der Waals surface area contributed by atoms with Crippen LogP contribution >= 0.6 is 23.4 Å². The Morgan fingerprint density at radius 1 is 1.08 bits per heavy atom. The smallest absolute Gasteiger partial charge is 0.241 e. The van der Waals surface area contributed by atoms with E-state index in [9.17, 15) is 14.0 Å². The number of nitrogens with zero attached hydrogens (tertiary/aromatic N) is 2. The molecule has 5 nitrogen and oxygen atoms in total. The van der Waals surface area contributed by atoms with Crippen LogP contribution in [0.25, 0.3) is 0 Å². The maximum absolute atomic E-state index is 13.7. The quantitative estimate of drug-likeness (QED) is 0.241. The van der Waals surface area contributed by atoms with Crippen molar-refractivity contribution in [3.05, 3.63) is 89.2 Å². The summed E-state index contributed by atoms with van der Waals surface area (Å²) in [7, 11) is 0. The Kier molecular flexibility index (Phi) is 10.3. The first-order chi connectivity index (χ1) is 18.9. The van der Waals surface area contributed by atoms with E-state index in [1.165, 1.54) is 29.6 Å². The number of carbonyl (C=O) groups excluding carboxylic acids is 2. The molecule has 0 radical (unpaired) electrons. The van der Waals surface area contributed by atoms with Gasteiger partial charge in [-0.25, -0.2) is 4.39 Å². The highest BCUT2D eigenvalue weighted by Crippen LogP contribution is 2.42. The molecule has 0 saturated heterocycles. The molecule has 1 aliphatic heterocycles. The number of rotatable bonds is 12. The van der Waals surface area contributed by atoms with Crippen LogP contribution in [0.1, 0.15) is 38.7 Å². The molecule has 39 heavy (non-hydrogen) atoms. The Bertz CT molecular complexity index is 1280. The van der Waals surface area contributed by atoms with Crippen LogP contribution in [-0.4, -0.2) is 36.7 Å². The van der Waals surface area contributed by atoms with E-state index < -0.39 is 17.0 Å². The molecule has 3 aromatic carbocycles. The molecule has 1 N–H and O–H groups in total. The van der Waals surface area contributed by atoms with Gasteiger partial charge in [0.15, 0.2) is 0 Å². The van der Waals surface area contributed by atoms with Gasteiger partial charge in [-0.15, -0.1) is 11.8 Å². The topological polar surface area (TPSA) is 52.7 Å². The number of hydrogen-bond acceptors (Lipinski definition) is 4. The zero-order valence-corrected chi connectivity index (χ0v) is 24.0. The van der Waals surface area contributed by atoms with Crippen molar-refractivity contribution in [2.75, 3.05) is 29.4 Å². The Morgan fingerprint density at radius 3 is 2.54 bits per heavy atom. The van der Waals surface area contributed by atoms with E-state index in [2.05, 4.69) is 29.3 Å². The predicted octanol–water partition coefficient (Wildman–Crippen LogP) is 6.94. The number of fused-ring (bicyclic) bond motifs is 1. The second-order valence-electron chi connectivity index (χ2n) is 9.78. The first-order valence-electron chi connectivity index (χ1n) is 13.5. The normalized spacial score (nSPS) is 15.5. The molecule has 0 aliphatic carbocycles. The van der Waals surface area contributed by atoms with Crippen molar-refractivity contribution in [2.45, 2.75) is 49.8 Å². The fourth-order valence-corrected chi connectivity index (χ4v) is 6.19. The number of benzene rings is 3. The monoisotopic (exact) mass is 567 g/mol. The average molecular weight is 568 g/mol. The number of amides is 2. The van der Waals surface area contributed by atoms with Crippen LogP contribution in [0.15, 0.2) is 77.7 Å². The van der Waals surface area contributed by atoms with Gasteiger partial charge in [-0.2, -0.15) is 0 Å². The minimum absolute atomic E-state index is 0.139. The number of anilines is 2. The Labute approximate surface area is 239 Å². The molecule has 1 aliphatic rings. The van der Waals surface area contributed by atoms with Gasteiger partial charge in [0, 0.05) is 35.2 Å². The highest BCUT2D eigenvalue weighted by atomic mass is 35.5. The second kappa shape index (κ2) is 13.9. The predicted molar refractivity (Wildman–Crippen MR) is 159 cm³/mol. The molecule has 4 rings (SSSR count). The lowest BCUT2D eigenvalue weighted by molar-refractivity contribution is -0.128. The molecule has 2 amide bonds. The largest absolute Gasteiger partial charge is 0.371 e. The summed E-state index contributed by atoms with van der Waals surface area (Å²) in [5, 5.41) is 2.74. The summed E-state index contributed by atoms with van der Waals surface area (Å²) in [6, 6.07) is 22.2. The molecule has 8 heteroatoms. The molecule has 0 spiro atoms. The maximum Gasteiger partial charge on any atom is 0.241 e. The van der Waals surface area contributed by atoms with Crippen molar-refractivity contribution in [2.24, 2.45) is 5.92 Å². The fraction of sp³-hybridized carbons (Fsp3) is 0.355. The van der Waals surface area contributed by atoms with Gasteiger partial charge in [-0.05, 0) is 54.8 Å². The summed E-state index contributed by atoms with van der Waals surface area (Å²) >= 11 is 7.70. The highest BCUT2D eigenvalue weighted by Gasteiger charge is 2.39. The molecular weight excluding hydrogens is 533 g/mol. The Morgan fingerprint density at radius 2 is 1.79 bits per heavy atom. The van der Waals surface area contributed by atoms with Gasteiger partial charge in [0.1, 0.15) is 11.1 Å². The second-order valence-corrected chi connectivity index (χ2v) is 11.4. The summed E-state index contributed by atoms with van der Waals surface area (Å²) < 4.78 is 13.6. The van der Waals surface area contributed by atoms with Gasteiger partial charge >= 0.3 is 0 Å². The van der Waals surface area contributed by atoms with E-state index in [4.69, 9.17) is 11.6 Å². The Balaban J connectivity index is 1.39. The van der Waals surface area contributed by atoms with E-state index in [1.807, 2.05) is 42.5 Å². The molecule has 2 unspecified atom stereocenters. The third kappa shape index (κ3) is 7.34. The van der Waals surface area contributed by atoms with Gasteiger partial charge < -0.3 is 15.1 Å². The van der Waals surface area contributed by atoms with Crippen LogP contribution in [0.2, 0.25) is 5.02 Å². The third-order valence-electron chi connectivity index (χ3n) is 6.94. The molecule has 1 heterocycles. The van der Waals surface area contributed by atoms with Gasteiger partial charge in [0.05, 0.1) is 18.2 Å². The minimum atomic E-state index is -0.579. The number of para-hydroxylation sites is 2. The summed E-state index contributed by atoms with van der Waals surface area (Å²) in [6.45, 7) is 6.55. The Hall–Kier alpha value is -3.03. The van der Waals surface area contributed by atoms with Gasteiger partial charge in [0.25, 0.3) is 0 Å². The van der Waals surface area contributed by atoms with Crippen molar-refractivity contribution >= 4 is 46.6 Å². The zero-order chi connectivity index (χ0) is 27.8. The molecule has 0 bridgehead atoms. The third-order valence-corrected chi connectivity index (χ3v) is 8.75. The van der Waals surface area contributed by atoms with Crippen molar-refractivity contribution in [1.82, 2.24) is 5.32 Å². The lowest BCUT2D eigenvalue weighted by Crippen LogP contribution is -2.47. The lowest BCUT2D eigenvalue weighted by atomic mass is 10.0. The van der Waals surface area contributed by atoms with E-state index >= 15 is 0 Å². The fourth-order valence-electron chi connectivity index (χ4n) is 4.68. The van der Waals surface area contributed by atoms with Crippen LogP contribution in [-0.2, 0) is 16.1 Å². The van der Waals surface area contributed by atoms with Crippen molar-refractivity contribution < 1.29 is 14.0 Å². The number of nitrogens with one attached hydrogen (secondary N) is 1. The number of hydrogen-bond donors (Lipinski definition) is 1.